The third-order valence-corrected chi connectivity index (χ3v) is 1.89. The first-order valence-corrected chi connectivity index (χ1v) is 4.87. The van der Waals surface area contributed by atoms with Crippen LogP contribution in [0.3, 0.4) is 0 Å². The van der Waals surface area contributed by atoms with Gasteiger partial charge in [-0.15, -0.1) is 0 Å². The molecule has 86 valence electrons. The summed E-state index contributed by atoms with van der Waals surface area (Å²) in [5, 5.41) is 14.0. The van der Waals surface area contributed by atoms with E-state index in [1.165, 1.54) is 6.92 Å². The van der Waals surface area contributed by atoms with Crippen molar-refractivity contribution in [3.8, 4) is 5.75 Å². The maximum Gasteiger partial charge on any atom is 0.315 e. The molecule has 1 aromatic carbocycles. The number of amides is 2. The quantitative estimate of drug-likeness (QED) is 0.704. The minimum Gasteiger partial charge on any atom is -0.508 e. The molecule has 0 atom stereocenters. The molecule has 16 heavy (non-hydrogen) atoms. The van der Waals surface area contributed by atoms with Gasteiger partial charge >= 0.3 is 6.03 Å². The van der Waals surface area contributed by atoms with Crippen LogP contribution in [0, 0.1) is 0 Å². The molecule has 1 rings (SSSR count). The Balaban J connectivity index is 2.31. The predicted molar refractivity (Wildman–Crippen MR) is 59.0 cm³/mol. The van der Waals surface area contributed by atoms with E-state index in [4.69, 9.17) is 5.11 Å². The van der Waals surface area contributed by atoms with Gasteiger partial charge in [0.1, 0.15) is 11.5 Å². The summed E-state index contributed by atoms with van der Waals surface area (Å²) in [5.41, 5.74) is 0.871. The van der Waals surface area contributed by atoms with E-state index < -0.39 is 0 Å². The molecular weight excluding hydrogens is 208 g/mol. The highest BCUT2D eigenvalue weighted by molar-refractivity contribution is 5.83. The molecule has 0 aliphatic rings. The van der Waals surface area contributed by atoms with Crippen LogP contribution >= 0.6 is 0 Å². The summed E-state index contributed by atoms with van der Waals surface area (Å²) in [7, 11) is 0. The average molecular weight is 222 g/mol. The molecule has 0 saturated carbocycles. The van der Waals surface area contributed by atoms with Crippen molar-refractivity contribution in [3.05, 3.63) is 29.8 Å². The van der Waals surface area contributed by atoms with Crippen LogP contribution in [-0.2, 0) is 11.3 Å². The number of carbonyl (C=O) groups is 2. The average Bonchev–Trinajstić information content (AvgIpc) is 2.25. The second kappa shape index (κ2) is 5.75. The predicted octanol–water partition coefficient (Wildman–Crippen LogP) is 0.780. The second-order valence-corrected chi connectivity index (χ2v) is 3.40. The molecule has 0 saturated heterocycles. The highest BCUT2D eigenvalue weighted by atomic mass is 16.3. The number of benzene rings is 1. The van der Waals surface area contributed by atoms with Gasteiger partial charge < -0.3 is 15.7 Å². The van der Waals surface area contributed by atoms with E-state index >= 15 is 0 Å². The third-order valence-electron chi connectivity index (χ3n) is 1.89. The Bertz CT molecular complexity index is 373. The molecule has 0 fully saturated rings. The fourth-order valence-corrected chi connectivity index (χ4v) is 1.06. The normalized spacial score (nSPS) is 9.56. The molecule has 0 aliphatic heterocycles. The Hall–Kier alpha value is -2.04. The molecule has 0 spiro atoms. The summed E-state index contributed by atoms with van der Waals surface area (Å²) in [6.07, 6.45) is 0. The van der Waals surface area contributed by atoms with Crippen LogP contribution in [0.5, 0.6) is 5.75 Å². The highest BCUT2D eigenvalue weighted by Crippen LogP contribution is 2.08. The van der Waals surface area contributed by atoms with E-state index in [9.17, 15) is 9.59 Å². The minimum absolute atomic E-state index is 0.0292. The molecule has 0 bridgehead atoms. The van der Waals surface area contributed by atoms with Gasteiger partial charge in [-0.3, -0.25) is 4.79 Å². The molecule has 5 heteroatoms. The number of rotatable bonds is 4. The Labute approximate surface area is 93.5 Å². The van der Waals surface area contributed by atoms with Gasteiger partial charge in [-0.1, -0.05) is 12.1 Å². The zero-order chi connectivity index (χ0) is 12.0. The van der Waals surface area contributed by atoms with Crippen LogP contribution in [-0.4, -0.2) is 23.5 Å². The lowest BCUT2D eigenvalue weighted by molar-refractivity contribution is -0.116. The van der Waals surface area contributed by atoms with Crippen LogP contribution in [0.1, 0.15) is 12.5 Å². The summed E-state index contributed by atoms with van der Waals surface area (Å²) in [5.74, 6) is 0.0876. The van der Waals surface area contributed by atoms with Gasteiger partial charge in [-0.2, -0.15) is 0 Å². The first-order valence-electron chi connectivity index (χ1n) is 4.87. The van der Waals surface area contributed by atoms with E-state index in [2.05, 4.69) is 10.6 Å². The van der Waals surface area contributed by atoms with E-state index in [-0.39, 0.29) is 24.1 Å². The molecule has 0 radical (unpaired) electrons. The molecule has 0 aliphatic carbocycles. The molecule has 3 N–H and O–H groups in total. The Kier molecular flexibility index (Phi) is 4.32. The standard InChI is InChI=1S/C11H14N2O3/c1-8(14)6-12-11(16)13-7-9-2-4-10(15)5-3-9/h2-5,15H,6-7H2,1H3,(H2,12,13,16). The monoisotopic (exact) mass is 222 g/mol. The van der Waals surface area contributed by atoms with E-state index in [0.29, 0.717) is 6.54 Å². The van der Waals surface area contributed by atoms with Crippen LogP contribution < -0.4 is 10.6 Å². The van der Waals surface area contributed by atoms with E-state index in [0.717, 1.165) is 5.56 Å². The maximum absolute atomic E-state index is 11.2. The SMILES string of the molecule is CC(=O)CNC(=O)NCc1ccc(O)cc1. The number of hydrogen-bond acceptors (Lipinski definition) is 3. The van der Waals surface area contributed by atoms with Crippen LogP contribution in [0.15, 0.2) is 24.3 Å². The number of nitrogens with one attached hydrogen (secondary N) is 2. The number of phenolic OH excluding ortho intramolecular Hbond substituents is 1. The lowest BCUT2D eigenvalue weighted by Gasteiger charge is -2.06. The number of phenols is 1. The lowest BCUT2D eigenvalue weighted by Crippen LogP contribution is -2.37. The van der Waals surface area contributed by atoms with Crippen molar-refractivity contribution in [3.63, 3.8) is 0 Å². The van der Waals surface area contributed by atoms with Crippen molar-refractivity contribution in [2.75, 3.05) is 6.54 Å². The maximum atomic E-state index is 11.2. The Morgan fingerprint density at radius 2 is 1.81 bits per heavy atom. The van der Waals surface area contributed by atoms with Crippen molar-refractivity contribution in [1.29, 1.82) is 0 Å². The van der Waals surface area contributed by atoms with Gasteiger partial charge in [0.05, 0.1) is 6.54 Å². The topological polar surface area (TPSA) is 78.4 Å². The van der Waals surface area contributed by atoms with Crippen molar-refractivity contribution in [1.82, 2.24) is 10.6 Å². The molecule has 0 heterocycles. The lowest BCUT2D eigenvalue weighted by atomic mass is 10.2. The summed E-state index contributed by atoms with van der Waals surface area (Å²) in [6, 6.07) is 6.12. The van der Waals surface area contributed by atoms with E-state index in [1.807, 2.05) is 0 Å². The van der Waals surface area contributed by atoms with E-state index in [1.54, 1.807) is 24.3 Å². The Morgan fingerprint density at radius 3 is 2.38 bits per heavy atom. The van der Waals surface area contributed by atoms with Crippen molar-refractivity contribution >= 4 is 11.8 Å². The van der Waals surface area contributed by atoms with Crippen molar-refractivity contribution in [2.24, 2.45) is 0 Å². The molecular formula is C11H14N2O3. The van der Waals surface area contributed by atoms with Crippen LogP contribution in [0.4, 0.5) is 4.79 Å². The number of aromatic hydroxyl groups is 1. The Morgan fingerprint density at radius 1 is 1.19 bits per heavy atom. The molecule has 5 nitrogen and oxygen atoms in total. The molecule has 0 unspecified atom stereocenters. The highest BCUT2D eigenvalue weighted by Gasteiger charge is 2.01. The number of hydrogen-bond donors (Lipinski definition) is 3. The minimum atomic E-state index is -0.386. The van der Waals surface area contributed by atoms with Crippen LogP contribution in [0.25, 0.3) is 0 Å². The number of urea groups is 1. The van der Waals surface area contributed by atoms with Gasteiger partial charge in [0.15, 0.2) is 0 Å². The smallest absolute Gasteiger partial charge is 0.315 e. The summed E-state index contributed by atoms with van der Waals surface area (Å²) >= 11 is 0. The van der Waals surface area contributed by atoms with Gasteiger partial charge in [-0.25, -0.2) is 4.79 Å². The molecule has 1 aromatic rings. The largest absolute Gasteiger partial charge is 0.508 e. The molecule has 0 aromatic heterocycles. The second-order valence-electron chi connectivity index (χ2n) is 3.40. The van der Waals surface area contributed by atoms with Crippen LogP contribution in [0.2, 0.25) is 0 Å². The fraction of sp³-hybridized carbons (Fsp3) is 0.273. The summed E-state index contributed by atoms with van der Waals surface area (Å²) < 4.78 is 0. The summed E-state index contributed by atoms with van der Waals surface area (Å²) in [6.45, 7) is 1.78. The number of ketones is 1. The number of carbonyl (C=O) groups excluding carboxylic acids is 2. The first-order chi connectivity index (χ1) is 7.58. The molecule has 2 amide bonds. The van der Waals surface area contributed by atoms with Gasteiger partial charge in [0.25, 0.3) is 0 Å². The van der Waals surface area contributed by atoms with Gasteiger partial charge in [0.2, 0.25) is 0 Å². The zero-order valence-electron chi connectivity index (χ0n) is 8.99. The summed E-state index contributed by atoms with van der Waals surface area (Å²) in [4.78, 5) is 21.8. The fourth-order valence-electron chi connectivity index (χ4n) is 1.06. The zero-order valence-corrected chi connectivity index (χ0v) is 8.99. The number of Topliss-reactive ketones (excluding diaryl/α,β-unsaturated/α-hetero) is 1. The van der Waals surface area contributed by atoms with Gasteiger partial charge in [0, 0.05) is 6.54 Å². The third kappa shape index (κ3) is 4.45. The first kappa shape index (κ1) is 12.0. The van der Waals surface area contributed by atoms with Gasteiger partial charge in [-0.05, 0) is 24.6 Å². The van der Waals surface area contributed by atoms with Crippen molar-refractivity contribution < 1.29 is 14.7 Å². The van der Waals surface area contributed by atoms with Crippen molar-refractivity contribution in [2.45, 2.75) is 13.5 Å².